The number of hydrogen-bond donors (Lipinski definition) is 1. The van der Waals surface area contributed by atoms with Gasteiger partial charge in [0, 0.05) is 31.9 Å². The second-order valence-corrected chi connectivity index (χ2v) is 8.98. The predicted octanol–water partition coefficient (Wildman–Crippen LogP) is 1.70. The molecule has 3 aromatic rings. The van der Waals surface area contributed by atoms with Crippen molar-refractivity contribution in [2.75, 3.05) is 18.0 Å². The van der Waals surface area contributed by atoms with E-state index in [1.807, 2.05) is 13.0 Å². The largest absolute Gasteiger partial charge is 0.419 e. The summed E-state index contributed by atoms with van der Waals surface area (Å²) in [5.74, 6) is 0.716. The van der Waals surface area contributed by atoms with E-state index >= 15 is 0 Å². The van der Waals surface area contributed by atoms with Gasteiger partial charge in [0.15, 0.2) is 5.58 Å². The van der Waals surface area contributed by atoms with Gasteiger partial charge in [-0.1, -0.05) is 0 Å². The van der Waals surface area contributed by atoms with E-state index in [0.29, 0.717) is 16.9 Å². The number of piperidine rings is 1. The van der Waals surface area contributed by atoms with Crippen LogP contribution in [0.5, 0.6) is 0 Å². The molecular weight excluding hydrogens is 394 g/mol. The molecule has 0 saturated carbocycles. The van der Waals surface area contributed by atoms with Crippen molar-refractivity contribution in [1.29, 1.82) is 0 Å². The van der Waals surface area contributed by atoms with E-state index in [-0.39, 0.29) is 11.4 Å². The number of hydrogen-bond acceptors (Lipinski definition) is 7. The van der Waals surface area contributed by atoms with Crippen molar-refractivity contribution in [3.05, 3.63) is 46.3 Å². The molecule has 0 bridgehead atoms. The van der Waals surface area contributed by atoms with Crippen LogP contribution in [-0.2, 0) is 23.6 Å². The summed E-state index contributed by atoms with van der Waals surface area (Å²) in [6, 6.07) is 6.22. The summed E-state index contributed by atoms with van der Waals surface area (Å²) < 4.78 is 34.4. The molecule has 0 atom stereocenters. The molecule has 1 aromatic carbocycles. The van der Waals surface area contributed by atoms with Crippen LogP contribution in [0.3, 0.4) is 0 Å². The summed E-state index contributed by atoms with van der Waals surface area (Å²) in [7, 11) is -2.28. The molecule has 1 N–H and O–H groups in total. The quantitative estimate of drug-likeness (QED) is 0.673. The number of nitrogens with zero attached hydrogens (tertiary/aromatic N) is 4. The Balaban J connectivity index is 1.55. The van der Waals surface area contributed by atoms with Gasteiger partial charge in [-0.2, -0.15) is 0 Å². The van der Waals surface area contributed by atoms with E-state index in [1.165, 1.54) is 36.2 Å². The molecule has 1 saturated heterocycles. The Morgan fingerprint density at radius 3 is 2.66 bits per heavy atom. The fourth-order valence-corrected chi connectivity index (χ4v) is 4.49. The number of anilines is 1. The van der Waals surface area contributed by atoms with E-state index in [0.717, 1.165) is 37.4 Å². The highest BCUT2D eigenvalue weighted by atomic mass is 32.2. The number of oxazole rings is 1. The number of aryl methyl sites for hydroxylation is 2. The van der Waals surface area contributed by atoms with E-state index in [9.17, 15) is 13.2 Å². The minimum absolute atomic E-state index is 0.0206. The molecule has 0 spiro atoms. The first-order chi connectivity index (χ1) is 13.8. The van der Waals surface area contributed by atoms with Crippen LogP contribution in [0.2, 0.25) is 0 Å². The molecule has 0 aliphatic carbocycles. The lowest BCUT2D eigenvalue weighted by atomic mass is 10.1. The molecule has 9 nitrogen and oxygen atoms in total. The average molecular weight is 417 g/mol. The molecule has 10 heteroatoms. The molecule has 1 aliphatic rings. The highest BCUT2D eigenvalue weighted by molar-refractivity contribution is 7.89. The number of aromatic nitrogens is 3. The molecule has 0 amide bonds. The first kappa shape index (κ1) is 19.6. The average Bonchev–Trinajstić information content (AvgIpc) is 3.00. The maximum absolute atomic E-state index is 12.7. The number of sulfonamides is 1. The number of nitrogens with one attached hydrogen (secondary N) is 1. The summed E-state index contributed by atoms with van der Waals surface area (Å²) in [5, 5.41) is 0. The third-order valence-electron chi connectivity index (χ3n) is 5.06. The third kappa shape index (κ3) is 4.03. The second-order valence-electron chi connectivity index (χ2n) is 7.21. The van der Waals surface area contributed by atoms with Crippen LogP contribution < -0.4 is 15.4 Å². The normalized spacial score (nSPS) is 15.2. The summed E-state index contributed by atoms with van der Waals surface area (Å²) in [5.41, 5.74) is 1.55. The van der Waals surface area contributed by atoms with E-state index in [4.69, 9.17) is 4.42 Å². The summed E-state index contributed by atoms with van der Waals surface area (Å²) in [6.45, 7) is 3.75. The Morgan fingerprint density at radius 1 is 1.14 bits per heavy atom. The Kier molecular flexibility index (Phi) is 5.13. The van der Waals surface area contributed by atoms with Crippen LogP contribution in [0.4, 0.5) is 5.82 Å². The zero-order valence-corrected chi connectivity index (χ0v) is 17.2. The summed E-state index contributed by atoms with van der Waals surface area (Å²) >= 11 is 0. The van der Waals surface area contributed by atoms with Gasteiger partial charge in [-0.15, -0.1) is 0 Å². The molecule has 154 valence electrons. The fraction of sp³-hybridized carbons (Fsp3) is 0.421. The number of fused-ring (bicyclic) bond motifs is 1. The second kappa shape index (κ2) is 7.60. The molecule has 0 unspecified atom stereocenters. The van der Waals surface area contributed by atoms with Gasteiger partial charge < -0.3 is 9.32 Å². The minimum atomic E-state index is -3.81. The summed E-state index contributed by atoms with van der Waals surface area (Å²) in [6.07, 6.45) is 3.48. The Hall–Kier alpha value is -2.72. The molecule has 1 fully saturated rings. The first-order valence-corrected chi connectivity index (χ1v) is 11.0. The maximum atomic E-state index is 12.7. The maximum Gasteiger partial charge on any atom is 0.419 e. The molecule has 29 heavy (non-hydrogen) atoms. The third-order valence-corrected chi connectivity index (χ3v) is 6.46. The topological polar surface area (TPSA) is 110 Å². The van der Waals surface area contributed by atoms with Crippen molar-refractivity contribution in [2.24, 2.45) is 7.05 Å². The number of benzene rings is 1. The van der Waals surface area contributed by atoms with Crippen LogP contribution in [-0.4, -0.2) is 36.0 Å². The van der Waals surface area contributed by atoms with Gasteiger partial charge in [0.05, 0.1) is 17.0 Å². The van der Waals surface area contributed by atoms with Crippen LogP contribution in [0.25, 0.3) is 11.1 Å². The molecule has 0 radical (unpaired) electrons. The lowest BCUT2D eigenvalue weighted by Crippen LogP contribution is -2.31. The molecular formula is C19H23N5O4S. The van der Waals surface area contributed by atoms with Gasteiger partial charge in [0.25, 0.3) is 0 Å². The van der Waals surface area contributed by atoms with Gasteiger partial charge in [-0.25, -0.2) is 27.9 Å². The van der Waals surface area contributed by atoms with Gasteiger partial charge in [-0.05, 0) is 44.4 Å². The SMILES string of the molecule is Cc1cc(N2CCCCC2)nc(CNS(=O)(=O)c2ccc3oc(=O)n(C)c3c2)n1. The van der Waals surface area contributed by atoms with Crippen LogP contribution in [0.15, 0.2) is 38.4 Å². The van der Waals surface area contributed by atoms with E-state index in [1.54, 1.807) is 0 Å². The standard InChI is InChI=1S/C19H23N5O4S/c1-13-10-18(24-8-4-3-5-9-24)22-17(21-13)12-20-29(26,27)14-6-7-16-15(11-14)23(2)19(25)28-16/h6-7,10-11,20H,3-5,8-9,12H2,1-2H3. The van der Waals surface area contributed by atoms with Gasteiger partial charge in [0.2, 0.25) is 10.0 Å². The zero-order valence-electron chi connectivity index (χ0n) is 16.4. The molecule has 1 aliphatic heterocycles. The Morgan fingerprint density at radius 2 is 1.90 bits per heavy atom. The van der Waals surface area contributed by atoms with Crippen molar-refractivity contribution in [1.82, 2.24) is 19.3 Å². The van der Waals surface area contributed by atoms with Crippen molar-refractivity contribution < 1.29 is 12.8 Å². The van der Waals surface area contributed by atoms with Gasteiger partial charge >= 0.3 is 5.76 Å². The highest BCUT2D eigenvalue weighted by Crippen LogP contribution is 2.20. The monoisotopic (exact) mass is 417 g/mol. The van der Waals surface area contributed by atoms with E-state index < -0.39 is 15.8 Å². The predicted molar refractivity (Wildman–Crippen MR) is 108 cm³/mol. The van der Waals surface area contributed by atoms with E-state index in [2.05, 4.69) is 19.6 Å². The van der Waals surface area contributed by atoms with Crippen LogP contribution >= 0.6 is 0 Å². The zero-order chi connectivity index (χ0) is 20.6. The van der Waals surface area contributed by atoms with Crippen LogP contribution in [0.1, 0.15) is 30.8 Å². The van der Waals surface area contributed by atoms with Crippen LogP contribution in [0, 0.1) is 6.92 Å². The van der Waals surface area contributed by atoms with Gasteiger partial charge in [0.1, 0.15) is 11.6 Å². The van der Waals surface area contributed by atoms with Crippen molar-refractivity contribution in [3.63, 3.8) is 0 Å². The minimum Gasteiger partial charge on any atom is -0.408 e. The highest BCUT2D eigenvalue weighted by Gasteiger charge is 2.19. The molecule has 4 rings (SSSR count). The van der Waals surface area contributed by atoms with Crippen molar-refractivity contribution >= 4 is 26.9 Å². The van der Waals surface area contributed by atoms with Crippen molar-refractivity contribution in [2.45, 2.75) is 37.6 Å². The Labute approximate surface area is 168 Å². The first-order valence-electron chi connectivity index (χ1n) is 9.52. The lowest BCUT2D eigenvalue weighted by Gasteiger charge is -2.28. The van der Waals surface area contributed by atoms with Crippen molar-refractivity contribution in [3.8, 4) is 0 Å². The van der Waals surface area contributed by atoms with Gasteiger partial charge in [-0.3, -0.25) is 4.57 Å². The lowest BCUT2D eigenvalue weighted by molar-refractivity contribution is 0.528. The number of rotatable bonds is 5. The smallest absolute Gasteiger partial charge is 0.408 e. The fourth-order valence-electron chi connectivity index (χ4n) is 3.49. The molecule has 3 heterocycles. The molecule has 2 aromatic heterocycles. The Bertz CT molecular complexity index is 1210. The summed E-state index contributed by atoms with van der Waals surface area (Å²) in [4.78, 5) is 22.8.